The van der Waals surface area contributed by atoms with Crippen molar-refractivity contribution in [3.63, 3.8) is 0 Å². The number of carbonyl (C=O) groups is 1. The van der Waals surface area contributed by atoms with Crippen LogP contribution in [-0.4, -0.2) is 38.9 Å². The first kappa shape index (κ1) is 12.8. The highest BCUT2D eigenvalue weighted by Crippen LogP contribution is 2.39. The molecule has 0 unspecified atom stereocenters. The van der Waals surface area contributed by atoms with Crippen molar-refractivity contribution in [1.29, 1.82) is 0 Å². The van der Waals surface area contributed by atoms with E-state index in [0.29, 0.717) is 29.6 Å². The maximum absolute atomic E-state index is 12.3. The summed E-state index contributed by atoms with van der Waals surface area (Å²) in [6, 6.07) is 7.39. The van der Waals surface area contributed by atoms with E-state index < -0.39 is 0 Å². The first-order valence-electron chi connectivity index (χ1n) is 7.18. The number of amides is 1. The van der Waals surface area contributed by atoms with E-state index >= 15 is 0 Å². The van der Waals surface area contributed by atoms with Crippen molar-refractivity contribution < 1.29 is 4.79 Å². The van der Waals surface area contributed by atoms with Crippen molar-refractivity contribution >= 4 is 17.5 Å². The third-order valence-corrected chi connectivity index (χ3v) is 4.48. The van der Waals surface area contributed by atoms with Gasteiger partial charge < -0.3 is 4.90 Å². The predicted octanol–water partition coefficient (Wildman–Crippen LogP) is 2.51. The molecule has 108 valence electrons. The zero-order valence-electron chi connectivity index (χ0n) is 11.4. The number of hydrogen-bond acceptors (Lipinski definition) is 3. The van der Waals surface area contributed by atoms with E-state index in [0.717, 1.165) is 5.69 Å². The minimum Gasteiger partial charge on any atom is -0.334 e. The molecule has 0 atom stereocenters. The molecule has 4 rings (SSSR count). The van der Waals surface area contributed by atoms with Gasteiger partial charge in [-0.15, -0.1) is 5.10 Å². The zero-order valence-corrected chi connectivity index (χ0v) is 12.2. The van der Waals surface area contributed by atoms with Crippen LogP contribution in [0.15, 0.2) is 30.5 Å². The highest BCUT2D eigenvalue weighted by atomic mass is 35.5. The number of likely N-dealkylation sites (tertiary alicyclic amines) is 1. The van der Waals surface area contributed by atoms with Crippen LogP contribution in [0.2, 0.25) is 5.02 Å². The van der Waals surface area contributed by atoms with Gasteiger partial charge in [0.1, 0.15) is 0 Å². The van der Waals surface area contributed by atoms with Gasteiger partial charge in [0, 0.05) is 25.2 Å². The van der Waals surface area contributed by atoms with Gasteiger partial charge >= 0.3 is 0 Å². The maximum Gasteiger partial charge on any atom is 0.255 e. The van der Waals surface area contributed by atoms with Crippen LogP contribution in [0.25, 0.3) is 0 Å². The summed E-state index contributed by atoms with van der Waals surface area (Å²) in [6.07, 6.45) is 4.47. The van der Waals surface area contributed by atoms with Gasteiger partial charge in [-0.2, -0.15) is 0 Å². The minimum absolute atomic E-state index is 0.0145. The number of aromatic nitrogens is 3. The molecule has 0 bridgehead atoms. The highest BCUT2D eigenvalue weighted by Gasteiger charge is 2.35. The zero-order chi connectivity index (χ0) is 14.4. The summed E-state index contributed by atoms with van der Waals surface area (Å²) in [5.41, 5.74) is 1.65. The molecule has 2 fully saturated rings. The number of halogens is 1. The normalized spacial score (nSPS) is 18.6. The largest absolute Gasteiger partial charge is 0.334 e. The monoisotopic (exact) mass is 302 g/mol. The lowest BCUT2D eigenvalue weighted by Gasteiger charge is -2.39. The molecule has 6 heteroatoms. The molecule has 1 aromatic heterocycles. The summed E-state index contributed by atoms with van der Waals surface area (Å²) in [5.74, 6) is 0.596. The average Bonchev–Trinajstić information content (AvgIpc) is 3.17. The summed E-state index contributed by atoms with van der Waals surface area (Å²) in [6.45, 7) is 1.33. The molecule has 1 amide bonds. The lowest BCUT2D eigenvalue weighted by Crippen LogP contribution is -2.51. The SMILES string of the molecule is O=C(c1ccccc1Cl)N1CC(n2cc(C3CC3)nn2)C1. The molecule has 0 radical (unpaired) electrons. The summed E-state index contributed by atoms with van der Waals surface area (Å²) in [4.78, 5) is 14.1. The first-order chi connectivity index (χ1) is 10.2. The van der Waals surface area contributed by atoms with E-state index in [1.165, 1.54) is 12.8 Å². The predicted molar refractivity (Wildman–Crippen MR) is 78.4 cm³/mol. The van der Waals surface area contributed by atoms with Crippen LogP contribution in [-0.2, 0) is 0 Å². The molecule has 1 saturated carbocycles. The molecule has 5 nitrogen and oxygen atoms in total. The van der Waals surface area contributed by atoms with Crippen LogP contribution in [0.3, 0.4) is 0 Å². The maximum atomic E-state index is 12.3. The van der Waals surface area contributed by atoms with Crippen LogP contribution >= 0.6 is 11.6 Å². The molecule has 1 aromatic carbocycles. The topological polar surface area (TPSA) is 51.0 Å². The average molecular weight is 303 g/mol. The standard InChI is InChI=1S/C15H15ClN4O/c16-13-4-2-1-3-12(13)15(21)19-7-11(8-19)20-9-14(17-18-20)10-5-6-10/h1-4,9-11H,5-8H2. The Morgan fingerprint density at radius 1 is 1.24 bits per heavy atom. The summed E-state index contributed by atoms with van der Waals surface area (Å²) in [7, 11) is 0. The quantitative estimate of drug-likeness (QED) is 0.875. The van der Waals surface area contributed by atoms with E-state index in [-0.39, 0.29) is 11.9 Å². The lowest BCUT2D eigenvalue weighted by molar-refractivity contribution is 0.0498. The molecule has 1 saturated heterocycles. The van der Waals surface area contributed by atoms with Crippen molar-refractivity contribution in [3.05, 3.63) is 46.7 Å². The van der Waals surface area contributed by atoms with Crippen molar-refractivity contribution in [2.75, 3.05) is 13.1 Å². The first-order valence-corrected chi connectivity index (χ1v) is 7.55. The summed E-state index contributed by atoms with van der Waals surface area (Å²) >= 11 is 6.07. The molecular formula is C15H15ClN4O. The Morgan fingerprint density at radius 3 is 2.71 bits per heavy atom. The van der Waals surface area contributed by atoms with Gasteiger partial charge in [0.05, 0.1) is 22.3 Å². The second-order valence-corrected chi connectivity index (χ2v) is 6.15. The van der Waals surface area contributed by atoms with Gasteiger partial charge in [-0.05, 0) is 25.0 Å². The molecular weight excluding hydrogens is 288 g/mol. The molecule has 2 heterocycles. The summed E-state index contributed by atoms with van der Waals surface area (Å²) in [5, 5.41) is 8.90. The van der Waals surface area contributed by atoms with Gasteiger partial charge in [-0.25, -0.2) is 4.68 Å². The minimum atomic E-state index is -0.0145. The van der Waals surface area contributed by atoms with E-state index in [9.17, 15) is 4.79 Å². The van der Waals surface area contributed by atoms with Crippen LogP contribution in [0, 0.1) is 0 Å². The molecule has 1 aliphatic heterocycles. The van der Waals surface area contributed by atoms with E-state index in [1.807, 2.05) is 23.0 Å². The second kappa shape index (κ2) is 4.84. The van der Waals surface area contributed by atoms with Gasteiger partial charge in [0.25, 0.3) is 5.91 Å². The smallest absolute Gasteiger partial charge is 0.255 e. The third-order valence-electron chi connectivity index (χ3n) is 4.15. The fourth-order valence-corrected chi connectivity index (χ4v) is 2.85. The molecule has 0 N–H and O–H groups in total. The van der Waals surface area contributed by atoms with Crippen molar-refractivity contribution in [3.8, 4) is 0 Å². The van der Waals surface area contributed by atoms with E-state index in [2.05, 4.69) is 10.3 Å². The highest BCUT2D eigenvalue weighted by molar-refractivity contribution is 6.33. The van der Waals surface area contributed by atoms with E-state index in [4.69, 9.17) is 11.6 Å². The van der Waals surface area contributed by atoms with Crippen molar-refractivity contribution in [2.45, 2.75) is 24.8 Å². The van der Waals surface area contributed by atoms with Gasteiger partial charge in [0.15, 0.2) is 0 Å². The van der Waals surface area contributed by atoms with Crippen LogP contribution in [0.5, 0.6) is 0 Å². The van der Waals surface area contributed by atoms with Crippen LogP contribution in [0.1, 0.15) is 40.9 Å². The Bertz CT molecular complexity index is 688. The van der Waals surface area contributed by atoms with Crippen molar-refractivity contribution in [1.82, 2.24) is 19.9 Å². The Hall–Kier alpha value is -1.88. The molecule has 1 aliphatic carbocycles. The lowest BCUT2D eigenvalue weighted by atomic mass is 10.1. The molecule has 2 aromatic rings. The van der Waals surface area contributed by atoms with Crippen LogP contribution in [0.4, 0.5) is 0 Å². The van der Waals surface area contributed by atoms with Gasteiger partial charge in [-0.3, -0.25) is 4.79 Å². The van der Waals surface area contributed by atoms with Gasteiger partial charge in [0.2, 0.25) is 0 Å². The van der Waals surface area contributed by atoms with Gasteiger partial charge in [-0.1, -0.05) is 28.9 Å². The molecule has 0 spiro atoms. The Morgan fingerprint density at radius 2 is 2.00 bits per heavy atom. The fourth-order valence-electron chi connectivity index (χ4n) is 2.63. The Labute approximate surface area is 127 Å². The molecule has 2 aliphatic rings. The molecule has 21 heavy (non-hydrogen) atoms. The van der Waals surface area contributed by atoms with Crippen LogP contribution < -0.4 is 0 Å². The number of carbonyl (C=O) groups excluding carboxylic acids is 1. The van der Waals surface area contributed by atoms with Crippen molar-refractivity contribution in [2.24, 2.45) is 0 Å². The second-order valence-electron chi connectivity index (χ2n) is 5.74. The summed E-state index contributed by atoms with van der Waals surface area (Å²) < 4.78 is 1.89. The fraction of sp³-hybridized carbons (Fsp3) is 0.400. The Kier molecular flexibility index (Phi) is 2.96. The third kappa shape index (κ3) is 2.31. The Balaban J connectivity index is 1.42. The number of rotatable bonds is 3. The number of nitrogens with zero attached hydrogens (tertiary/aromatic N) is 4. The number of hydrogen-bond donors (Lipinski definition) is 0. The number of benzene rings is 1. The van der Waals surface area contributed by atoms with E-state index in [1.54, 1.807) is 17.0 Å².